The molecule has 2 aliphatic heterocycles. The van der Waals surface area contributed by atoms with E-state index in [4.69, 9.17) is 4.74 Å². The summed E-state index contributed by atoms with van der Waals surface area (Å²) in [6.45, 7) is 3.18. The molecule has 2 aliphatic rings. The highest BCUT2D eigenvalue weighted by molar-refractivity contribution is 5.90. The Kier molecular flexibility index (Phi) is 7.62. The number of hydrogen-bond acceptors (Lipinski definition) is 7. The van der Waals surface area contributed by atoms with E-state index in [1.807, 2.05) is 11.0 Å². The second-order valence-corrected chi connectivity index (χ2v) is 8.69. The van der Waals surface area contributed by atoms with Gasteiger partial charge in [0.15, 0.2) is 6.10 Å². The van der Waals surface area contributed by atoms with Gasteiger partial charge in [0.25, 0.3) is 5.91 Å². The Morgan fingerprint density at radius 1 is 1.17 bits per heavy atom. The molecule has 0 radical (unpaired) electrons. The zero-order valence-electron chi connectivity index (χ0n) is 19.5. The number of rotatable bonds is 7. The van der Waals surface area contributed by atoms with Gasteiger partial charge in [0.1, 0.15) is 17.7 Å². The molecule has 0 unspecified atom stereocenters. The molecule has 0 saturated carbocycles. The quantitative estimate of drug-likeness (QED) is 0.622. The molecule has 35 heavy (non-hydrogen) atoms. The van der Waals surface area contributed by atoms with Crippen molar-refractivity contribution >= 4 is 29.2 Å². The molecule has 2 fully saturated rings. The van der Waals surface area contributed by atoms with Gasteiger partial charge in [0.2, 0.25) is 0 Å². The SMILES string of the molecule is CC(=O)CC[C@H]1CN(c2ccc(N3CCNN(C(=O)[C@H](O)c4ccccc4)CC3)c(F)c2)C(=O)O1. The van der Waals surface area contributed by atoms with E-state index >= 15 is 4.39 Å². The number of carbonyl (C=O) groups excluding carboxylic acids is 3. The minimum atomic E-state index is -1.29. The predicted molar refractivity (Wildman–Crippen MR) is 127 cm³/mol. The maximum absolute atomic E-state index is 15.1. The lowest BCUT2D eigenvalue weighted by molar-refractivity contribution is -0.143. The normalized spacial score (nSPS) is 19.3. The number of Topliss-reactive ketones (excluding diaryl/α,β-unsaturated/α-hetero) is 1. The van der Waals surface area contributed by atoms with Crippen LogP contribution in [0.25, 0.3) is 0 Å². The van der Waals surface area contributed by atoms with E-state index < -0.39 is 30.0 Å². The van der Waals surface area contributed by atoms with E-state index in [1.54, 1.807) is 36.4 Å². The van der Waals surface area contributed by atoms with Gasteiger partial charge in [-0.15, -0.1) is 0 Å². The number of benzene rings is 2. The molecule has 2 saturated heterocycles. The van der Waals surface area contributed by atoms with Crippen LogP contribution in [-0.4, -0.2) is 66.7 Å². The highest BCUT2D eigenvalue weighted by Crippen LogP contribution is 2.29. The number of cyclic esters (lactones) is 1. The molecule has 2 aromatic rings. The van der Waals surface area contributed by atoms with Gasteiger partial charge in [0.05, 0.1) is 24.5 Å². The Labute approximate surface area is 203 Å². The van der Waals surface area contributed by atoms with Crippen molar-refractivity contribution in [2.24, 2.45) is 0 Å². The summed E-state index contributed by atoms with van der Waals surface area (Å²) in [4.78, 5) is 39.4. The van der Waals surface area contributed by atoms with Crippen molar-refractivity contribution in [2.45, 2.75) is 32.0 Å². The van der Waals surface area contributed by atoms with Crippen molar-refractivity contribution in [3.8, 4) is 0 Å². The van der Waals surface area contributed by atoms with Crippen LogP contribution in [-0.2, 0) is 14.3 Å². The minimum absolute atomic E-state index is 0.0247. The molecule has 0 aliphatic carbocycles. The number of nitrogens with zero attached hydrogens (tertiary/aromatic N) is 3. The highest BCUT2D eigenvalue weighted by Gasteiger charge is 2.33. The summed E-state index contributed by atoms with van der Waals surface area (Å²) >= 11 is 0. The van der Waals surface area contributed by atoms with Gasteiger partial charge < -0.3 is 19.5 Å². The van der Waals surface area contributed by atoms with Gasteiger partial charge >= 0.3 is 6.09 Å². The van der Waals surface area contributed by atoms with Crippen LogP contribution in [0.15, 0.2) is 48.5 Å². The van der Waals surface area contributed by atoms with Crippen LogP contribution in [0.2, 0.25) is 0 Å². The Bertz CT molecular complexity index is 1080. The zero-order chi connectivity index (χ0) is 24.9. The van der Waals surface area contributed by atoms with Crippen molar-refractivity contribution < 1.29 is 28.6 Å². The third-order valence-corrected chi connectivity index (χ3v) is 6.17. The van der Waals surface area contributed by atoms with Crippen LogP contribution < -0.4 is 15.2 Å². The fourth-order valence-electron chi connectivity index (χ4n) is 4.25. The molecule has 186 valence electrons. The standard InChI is InChI=1S/C25H29FN4O5/c1-17(31)7-9-20-16-29(25(34)35-20)19-8-10-22(21(26)15-19)28-12-11-27-30(14-13-28)24(33)23(32)18-5-3-2-4-6-18/h2-6,8,10,15,20,23,27,32H,7,9,11-14,16H2,1H3/t20-,23+/m0/s1. The first-order chi connectivity index (χ1) is 16.8. The number of amides is 2. The molecule has 2 heterocycles. The number of hydrazine groups is 1. The fourth-order valence-corrected chi connectivity index (χ4v) is 4.25. The Morgan fingerprint density at radius 2 is 1.94 bits per heavy atom. The molecule has 2 amide bonds. The van der Waals surface area contributed by atoms with Crippen molar-refractivity contribution in [2.75, 3.05) is 42.5 Å². The minimum Gasteiger partial charge on any atom is -0.444 e. The molecular formula is C25H29FN4O5. The van der Waals surface area contributed by atoms with Crippen LogP contribution in [0.4, 0.5) is 20.6 Å². The first-order valence-corrected chi connectivity index (χ1v) is 11.6. The number of hydrogen-bond donors (Lipinski definition) is 2. The lowest BCUT2D eigenvalue weighted by Crippen LogP contribution is -2.46. The summed E-state index contributed by atoms with van der Waals surface area (Å²) in [6, 6.07) is 13.3. The maximum Gasteiger partial charge on any atom is 0.414 e. The van der Waals surface area contributed by atoms with Crippen molar-refractivity contribution in [1.29, 1.82) is 0 Å². The maximum atomic E-state index is 15.1. The number of halogens is 1. The van der Waals surface area contributed by atoms with E-state index in [1.165, 1.54) is 22.9 Å². The number of aliphatic hydroxyl groups excluding tert-OH is 1. The number of carbonyl (C=O) groups is 3. The van der Waals surface area contributed by atoms with Gasteiger partial charge in [-0.05, 0) is 37.1 Å². The van der Waals surface area contributed by atoms with E-state index in [0.717, 1.165) is 0 Å². The molecule has 9 nitrogen and oxygen atoms in total. The van der Waals surface area contributed by atoms with E-state index in [2.05, 4.69) is 5.43 Å². The number of ether oxygens (including phenoxy) is 1. The van der Waals surface area contributed by atoms with Crippen LogP contribution in [0, 0.1) is 5.82 Å². The predicted octanol–water partition coefficient (Wildman–Crippen LogP) is 2.41. The number of aliphatic hydroxyl groups is 1. The third kappa shape index (κ3) is 5.77. The molecule has 2 atom stereocenters. The van der Waals surface area contributed by atoms with Crippen molar-refractivity contribution in [3.63, 3.8) is 0 Å². The summed E-state index contributed by atoms with van der Waals surface area (Å²) in [6.07, 6.45) is -1.49. The molecule has 2 aromatic carbocycles. The smallest absolute Gasteiger partial charge is 0.414 e. The van der Waals surface area contributed by atoms with Gasteiger partial charge in [-0.25, -0.2) is 14.6 Å². The second-order valence-electron chi connectivity index (χ2n) is 8.69. The van der Waals surface area contributed by atoms with E-state index in [-0.39, 0.29) is 18.9 Å². The van der Waals surface area contributed by atoms with Crippen LogP contribution in [0.3, 0.4) is 0 Å². The molecule has 0 spiro atoms. The molecule has 0 aromatic heterocycles. The molecular weight excluding hydrogens is 455 g/mol. The molecule has 2 N–H and O–H groups in total. The van der Waals surface area contributed by atoms with E-state index in [9.17, 15) is 19.5 Å². The summed E-state index contributed by atoms with van der Waals surface area (Å²) in [7, 11) is 0. The Balaban J connectivity index is 1.39. The van der Waals surface area contributed by atoms with Gasteiger partial charge in [0, 0.05) is 26.1 Å². The van der Waals surface area contributed by atoms with Crippen LogP contribution >= 0.6 is 0 Å². The van der Waals surface area contributed by atoms with Crippen LogP contribution in [0.5, 0.6) is 0 Å². The van der Waals surface area contributed by atoms with Crippen molar-refractivity contribution in [1.82, 2.24) is 10.4 Å². The van der Waals surface area contributed by atoms with Crippen molar-refractivity contribution in [3.05, 3.63) is 59.9 Å². The largest absolute Gasteiger partial charge is 0.444 e. The zero-order valence-corrected chi connectivity index (χ0v) is 19.5. The first kappa shape index (κ1) is 24.6. The molecule has 10 heteroatoms. The monoisotopic (exact) mass is 484 g/mol. The average molecular weight is 485 g/mol. The summed E-state index contributed by atoms with van der Waals surface area (Å²) in [5, 5.41) is 11.8. The average Bonchev–Trinajstić information content (AvgIpc) is 3.06. The first-order valence-electron chi connectivity index (χ1n) is 11.6. The van der Waals surface area contributed by atoms with Crippen LogP contribution in [0.1, 0.15) is 31.4 Å². The lowest BCUT2D eigenvalue weighted by atomic mass is 10.1. The van der Waals surface area contributed by atoms with Gasteiger partial charge in [-0.3, -0.25) is 14.7 Å². The molecule has 4 rings (SSSR count). The number of anilines is 2. The number of nitrogens with one attached hydrogen (secondary N) is 1. The van der Waals surface area contributed by atoms with Gasteiger partial charge in [-0.2, -0.15) is 0 Å². The lowest BCUT2D eigenvalue weighted by Gasteiger charge is -2.25. The topological polar surface area (TPSA) is 102 Å². The summed E-state index contributed by atoms with van der Waals surface area (Å²) in [5.41, 5.74) is 4.25. The second kappa shape index (κ2) is 10.8. The molecule has 0 bridgehead atoms. The Morgan fingerprint density at radius 3 is 2.66 bits per heavy atom. The van der Waals surface area contributed by atoms with E-state index in [0.29, 0.717) is 49.4 Å². The van der Waals surface area contributed by atoms with Gasteiger partial charge in [-0.1, -0.05) is 30.3 Å². The Hall–Kier alpha value is -3.50. The fraction of sp³-hybridized carbons (Fsp3) is 0.400. The highest BCUT2D eigenvalue weighted by atomic mass is 19.1. The summed E-state index contributed by atoms with van der Waals surface area (Å²) < 4.78 is 20.4. The number of ketones is 1. The summed E-state index contributed by atoms with van der Waals surface area (Å²) in [5.74, 6) is -0.941. The third-order valence-electron chi connectivity index (χ3n) is 6.17.